The Kier molecular flexibility index (Phi) is 78.3. The van der Waals surface area contributed by atoms with Gasteiger partial charge in [-0.1, -0.05) is 226 Å². The SMILES string of the molecule is CC(C)C(=O)CC(C)(C)C(=O)O.CC(C)C(=O)CC(C)(C)CC(=O)O.CC(C)C(=O)CC(C)C(=O)O.CC(C)C(=O)CC1(C(=O)O)CCCC1.CC(C)C(=O)CC1(C(=O)O)CCCC1.CC(C)C(=O)CCC(=O)O.CC(C)C(=O)CCCC(=O)O.CC(C)C(=O)COCC(=O)O.CC(CC(=O)O)CC(=O)C(C)C.CCC(C)(CC(=O)C(C)C)C(=O)O.CCC(C)(CC(=O)O)CC(=O)C(C)C. The van der Waals surface area contributed by atoms with Gasteiger partial charge < -0.3 is 60.9 Å². The van der Waals surface area contributed by atoms with Crippen LogP contribution in [0.2, 0.25) is 0 Å². The van der Waals surface area contributed by atoms with Gasteiger partial charge in [-0.2, -0.15) is 0 Å². The van der Waals surface area contributed by atoms with Crippen LogP contribution in [0.15, 0.2) is 0 Å². The molecule has 0 heterocycles. The molecule has 0 radical (unpaired) electrons. The zero-order valence-corrected chi connectivity index (χ0v) is 87.6. The van der Waals surface area contributed by atoms with E-state index in [2.05, 4.69) is 4.74 Å². The van der Waals surface area contributed by atoms with Crippen LogP contribution < -0.4 is 0 Å². The molecule has 34 heteroatoms. The van der Waals surface area contributed by atoms with E-state index < -0.39 is 105 Å². The van der Waals surface area contributed by atoms with Gasteiger partial charge in [0.25, 0.3) is 0 Å². The maximum atomic E-state index is 11.5. The van der Waals surface area contributed by atoms with Crippen LogP contribution in [0.5, 0.6) is 0 Å². The van der Waals surface area contributed by atoms with Crippen LogP contribution >= 0.6 is 0 Å². The molecule has 0 spiro atoms. The van der Waals surface area contributed by atoms with Gasteiger partial charge in [-0.15, -0.1) is 0 Å². The van der Waals surface area contributed by atoms with E-state index in [-0.39, 0.29) is 217 Å². The van der Waals surface area contributed by atoms with Crippen molar-refractivity contribution in [3.8, 4) is 0 Å². The minimum Gasteiger partial charge on any atom is -0.481 e. The molecule has 135 heavy (non-hydrogen) atoms. The van der Waals surface area contributed by atoms with Crippen molar-refractivity contribution in [3.63, 3.8) is 0 Å². The van der Waals surface area contributed by atoms with E-state index in [1.165, 1.54) is 0 Å². The Morgan fingerprint density at radius 3 is 0.874 bits per heavy atom. The number of rotatable bonds is 51. The molecule has 0 aromatic heterocycles. The number of carboxylic acids is 11. The normalized spacial score (nSPS) is 14.0. The molecule has 0 aliphatic heterocycles. The molecular formula is C101H176O34. The van der Waals surface area contributed by atoms with Crippen LogP contribution in [0.3, 0.4) is 0 Å². The number of aliphatic carboxylic acids is 11. The average molecular weight is 1930 g/mol. The summed E-state index contributed by atoms with van der Waals surface area (Å²) >= 11 is 0. The molecule has 0 aromatic rings. The summed E-state index contributed by atoms with van der Waals surface area (Å²) in [5, 5.41) is 94.7. The third-order valence-electron chi connectivity index (χ3n) is 22.4. The van der Waals surface area contributed by atoms with Crippen LogP contribution in [-0.2, 0) is 110 Å². The third kappa shape index (κ3) is 77.3. The van der Waals surface area contributed by atoms with Crippen LogP contribution in [0, 0.1) is 109 Å². The monoisotopic (exact) mass is 1930 g/mol. The third-order valence-corrected chi connectivity index (χ3v) is 22.4. The fourth-order valence-electron chi connectivity index (χ4n) is 11.4. The van der Waals surface area contributed by atoms with Gasteiger partial charge >= 0.3 is 65.7 Å². The predicted octanol–water partition coefficient (Wildman–Crippen LogP) is 18.8. The molecular weight excluding hydrogens is 1760 g/mol. The van der Waals surface area contributed by atoms with Crippen molar-refractivity contribution in [2.75, 3.05) is 13.2 Å². The average Bonchev–Trinajstić information content (AvgIpc) is 1.69. The van der Waals surface area contributed by atoms with Gasteiger partial charge in [-0.3, -0.25) is 101 Å². The number of carbonyl (C=O) groups excluding carboxylic acids is 11. The molecule has 2 saturated carbocycles. The fraction of sp³-hybridized carbons (Fsp3) is 0.782. The second kappa shape index (κ2) is 73.7. The Balaban J connectivity index is -0.000000185. The van der Waals surface area contributed by atoms with E-state index in [0.717, 1.165) is 32.1 Å². The van der Waals surface area contributed by atoms with Crippen LogP contribution in [0.1, 0.15) is 389 Å². The molecule has 2 rings (SSSR count). The molecule has 0 aromatic carbocycles. The summed E-state index contributed by atoms with van der Waals surface area (Å²) in [4.78, 5) is 238. The van der Waals surface area contributed by atoms with Gasteiger partial charge in [-0.25, -0.2) is 4.79 Å². The van der Waals surface area contributed by atoms with Crippen molar-refractivity contribution in [1.82, 2.24) is 0 Å². The van der Waals surface area contributed by atoms with E-state index in [9.17, 15) is 105 Å². The van der Waals surface area contributed by atoms with Crippen molar-refractivity contribution in [3.05, 3.63) is 0 Å². The highest BCUT2D eigenvalue weighted by Crippen LogP contribution is 2.43. The van der Waals surface area contributed by atoms with Gasteiger partial charge in [0.1, 0.15) is 71.0 Å². The highest BCUT2D eigenvalue weighted by molar-refractivity contribution is 5.91. The second-order valence-corrected chi connectivity index (χ2v) is 40.7. The summed E-state index contributed by atoms with van der Waals surface area (Å²) in [5.41, 5.74) is -4.09. The summed E-state index contributed by atoms with van der Waals surface area (Å²) in [6, 6.07) is 0. The lowest BCUT2D eigenvalue weighted by Gasteiger charge is -2.26. The Bertz CT molecular complexity index is 3610. The molecule has 4 unspecified atom stereocenters. The summed E-state index contributed by atoms with van der Waals surface area (Å²) in [7, 11) is 0. The Morgan fingerprint density at radius 1 is 0.281 bits per heavy atom. The van der Waals surface area contributed by atoms with Gasteiger partial charge in [0.2, 0.25) is 0 Å². The number of hydrogen-bond acceptors (Lipinski definition) is 23. The topological polar surface area (TPSA) is 607 Å². The van der Waals surface area contributed by atoms with Crippen molar-refractivity contribution in [2.45, 2.75) is 389 Å². The zero-order chi connectivity index (χ0) is 109. The van der Waals surface area contributed by atoms with E-state index in [0.29, 0.717) is 64.2 Å². The van der Waals surface area contributed by atoms with Crippen molar-refractivity contribution >= 4 is 129 Å². The second-order valence-electron chi connectivity index (χ2n) is 40.7. The van der Waals surface area contributed by atoms with Crippen molar-refractivity contribution < 1.29 is 166 Å². The standard InChI is InChI=1S/2C11H18O3.C11H20O3.2C10H18O3.2C9H16O3.2C8H14O3.C7H12O4.C7H12O3/c2*1-8(2)9(12)7-11(10(13)14)5-3-4-6-11;1-5-11(4,7-10(13)14)6-9(12)8(2)3;1-7(2)8(11)5-10(3,4)6-9(12)13;1-5-10(4,9(12)13)6-8(11)7(2)3;1-6(2)7(10)5-9(3,4)8(11)12;1-6(2)8(10)4-7(3)5-9(11)12;1-5(2)7(9)4-6(3)8(10)11;1-6(2)7(9)4-3-5-8(10)11;1-5(2)6(8)3-11-4-7(9)10;1-5(2)6(8)3-4-7(9)10/h2*8H,3-7H2,1-2H3,(H,13,14);8H,5-7H2,1-4H3,(H,13,14);2*7H,5-6H2,1-4H3,(H,12,13);6H,5H2,1-4H3,(H,11,12);6-7H,4-5H2,1-3H3,(H,11,12);5-6H,4H2,1-3H3,(H,10,11);6H,3-5H2,1-2H3,(H,10,11);5H,3-4H2,1-2H3,(H,9,10);5H,3-4H2,1-2H3,(H,9,10). The lowest BCUT2D eigenvalue weighted by molar-refractivity contribution is -0.152. The van der Waals surface area contributed by atoms with E-state index in [1.807, 2.05) is 96.9 Å². The molecule has 0 amide bonds. The Morgan fingerprint density at radius 2 is 0.600 bits per heavy atom. The van der Waals surface area contributed by atoms with Crippen LogP contribution in [0.4, 0.5) is 0 Å². The number of hydrogen-bond donors (Lipinski definition) is 11. The molecule has 11 N–H and O–H groups in total. The van der Waals surface area contributed by atoms with Crippen molar-refractivity contribution in [1.29, 1.82) is 0 Å². The quantitative estimate of drug-likeness (QED) is 0.0269. The number of ketones is 11. The summed E-state index contributed by atoms with van der Waals surface area (Å²) < 4.78 is 4.57. The lowest BCUT2D eigenvalue weighted by atomic mass is 9.78. The molecule has 784 valence electrons. The maximum absolute atomic E-state index is 11.5. The van der Waals surface area contributed by atoms with Crippen molar-refractivity contribution in [2.24, 2.45) is 109 Å². The first-order chi connectivity index (χ1) is 61.1. The maximum Gasteiger partial charge on any atom is 0.329 e. The summed E-state index contributed by atoms with van der Waals surface area (Å²) in [6.07, 6.45) is 10.8. The first-order valence-electron chi connectivity index (χ1n) is 46.9. The number of carbonyl (C=O) groups is 22. The molecule has 34 nitrogen and oxygen atoms in total. The van der Waals surface area contributed by atoms with E-state index in [1.54, 1.807) is 125 Å². The first kappa shape index (κ1) is 143. The molecule has 0 saturated heterocycles. The van der Waals surface area contributed by atoms with E-state index in [4.69, 9.17) is 56.2 Å². The smallest absolute Gasteiger partial charge is 0.329 e. The largest absolute Gasteiger partial charge is 0.481 e. The fourth-order valence-corrected chi connectivity index (χ4v) is 11.4. The summed E-state index contributed by atoms with van der Waals surface area (Å²) in [5.74, 6) is -9.90. The number of Topliss-reactive ketones (excluding diaryl/α,β-unsaturated/α-hetero) is 11. The minimum atomic E-state index is -1.05. The van der Waals surface area contributed by atoms with Gasteiger partial charge in [0.05, 0.1) is 46.8 Å². The lowest BCUT2D eigenvalue weighted by Crippen LogP contribution is -2.31. The van der Waals surface area contributed by atoms with Gasteiger partial charge in [0.15, 0.2) is 5.78 Å². The number of carboxylic acid groups (broad SMARTS) is 11. The Labute approximate surface area is 803 Å². The summed E-state index contributed by atoms with van der Waals surface area (Å²) in [6.45, 7) is 56.4. The molecule has 2 aliphatic rings. The zero-order valence-electron chi connectivity index (χ0n) is 87.6. The van der Waals surface area contributed by atoms with Crippen LogP contribution in [-0.4, -0.2) is 199 Å². The minimum absolute atomic E-state index is 0.00222. The predicted molar refractivity (Wildman–Crippen MR) is 511 cm³/mol. The highest BCUT2D eigenvalue weighted by atomic mass is 16.5. The van der Waals surface area contributed by atoms with Crippen LogP contribution in [0.25, 0.3) is 0 Å². The van der Waals surface area contributed by atoms with Gasteiger partial charge in [-0.05, 0) is 82.5 Å². The molecule has 2 aliphatic carbocycles. The molecule has 0 bridgehead atoms. The van der Waals surface area contributed by atoms with Gasteiger partial charge in [0, 0.05) is 142 Å². The molecule has 4 atom stereocenters. The number of ether oxygens (including phenoxy) is 1. The highest BCUT2D eigenvalue weighted by Gasteiger charge is 2.45. The Hall–Kier alpha value is -9.50. The van der Waals surface area contributed by atoms with E-state index >= 15 is 0 Å². The first-order valence-corrected chi connectivity index (χ1v) is 46.9. The molecule has 2 fully saturated rings.